The minimum atomic E-state index is -0.785. The van der Waals surface area contributed by atoms with Gasteiger partial charge in [0.25, 0.3) is 0 Å². The van der Waals surface area contributed by atoms with Gasteiger partial charge < -0.3 is 14.2 Å². The van der Waals surface area contributed by atoms with Crippen LogP contribution in [0.5, 0.6) is 0 Å². The van der Waals surface area contributed by atoms with Crippen molar-refractivity contribution < 1.29 is 28.6 Å². The second-order valence-electron chi connectivity index (χ2n) is 19.9. The van der Waals surface area contributed by atoms with Gasteiger partial charge in [0.05, 0.1) is 0 Å². The van der Waals surface area contributed by atoms with Crippen LogP contribution in [-0.2, 0) is 28.6 Å². The van der Waals surface area contributed by atoms with E-state index in [-0.39, 0.29) is 31.1 Å². The topological polar surface area (TPSA) is 78.9 Å². The van der Waals surface area contributed by atoms with Gasteiger partial charge in [-0.2, -0.15) is 0 Å². The number of carbonyl (C=O) groups is 3. The van der Waals surface area contributed by atoms with E-state index in [1.807, 2.05) is 0 Å². The predicted molar refractivity (Wildman–Crippen MR) is 298 cm³/mol. The number of rotatable bonds is 54. The Balaban J connectivity index is 4.32. The van der Waals surface area contributed by atoms with Crippen LogP contribution >= 0.6 is 0 Å². The fourth-order valence-electron chi connectivity index (χ4n) is 8.44. The average molecular weight is 966 g/mol. The highest BCUT2D eigenvalue weighted by molar-refractivity contribution is 5.71. The van der Waals surface area contributed by atoms with Crippen LogP contribution in [0.15, 0.2) is 60.8 Å². The predicted octanol–water partition coefficient (Wildman–Crippen LogP) is 20.0. The summed E-state index contributed by atoms with van der Waals surface area (Å²) in [5.41, 5.74) is 0. The fraction of sp³-hybridized carbons (Fsp3) is 0.794. The van der Waals surface area contributed by atoms with E-state index in [1.165, 1.54) is 167 Å². The first kappa shape index (κ1) is 66.1. The lowest BCUT2D eigenvalue weighted by Crippen LogP contribution is -2.30. The van der Waals surface area contributed by atoms with Crippen LogP contribution in [0.4, 0.5) is 0 Å². The number of allylic oxidation sites excluding steroid dienone is 10. The number of ether oxygens (including phenoxy) is 3. The van der Waals surface area contributed by atoms with Gasteiger partial charge >= 0.3 is 17.9 Å². The molecular formula is C63H112O6. The zero-order chi connectivity index (χ0) is 50.0. The minimum absolute atomic E-state index is 0.0825. The van der Waals surface area contributed by atoms with E-state index < -0.39 is 6.10 Å². The molecule has 0 saturated heterocycles. The Hall–Kier alpha value is -2.89. The van der Waals surface area contributed by atoms with Gasteiger partial charge in [0, 0.05) is 19.3 Å². The van der Waals surface area contributed by atoms with Gasteiger partial charge in [-0.3, -0.25) is 14.4 Å². The molecule has 0 aliphatic carbocycles. The summed E-state index contributed by atoms with van der Waals surface area (Å²) in [4.78, 5) is 38.2. The van der Waals surface area contributed by atoms with Gasteiger partial charge in [0.1, 0.15) is 13.2 Å². The summed E-state index contributed by atoms with van der Waals surface area (Å²) in [6, 6.07) is 0. The highest BCUT2D eigenvalue weighted by Gasteiger charge is 2.19. The Kier molecular flexibility index (Phi) is 55.3. The van der Waals surface area contributed by atoms with E-state index in [1.54, 1.807) is 0 Å². The van der Waals surface area contributed by atoms with Crippen molar-refractivity contribution in [2.45, 2.75) is 309 Å². The van der Waals surface area contributed by atoms with Gasteiger partial charge in [0.2, 0.25) is 0 Å². The molecule has 0 bridgehead atoms. The Morgan fingerprint density at radius 2 is 0.522 bits per heavy atom. The normalized spacial score (nSPS) is 12.4. The van der Waals surface area contributed by atoms with Crippen molar-refractivity contribution >= 4 is 17.9 Å². The molecule has 0 radical (unpaired) electrons. The molecule has 1 unspecified atom stereocenters. The minimum Gasteiger partial charge on any atom is -0.462 e. The molecule has 0 rings (SSSR count). The van der Waals surface area contributed by atoms with Crippen LogP contribution in [0, 0.1) is 0 Å². The molecule has 6 nitrogen and oxygen atoms in total. The summed E-state index contributed by atoms with van der Waals surface area (Å²) < 4.78 is 16.9. The van der Waals surface area contributed by atoms with Crippen LogP contribution in [0.3, 0.4) is 0 Å². The Morgan fingerprint density at radius 1 is 0.290 bits per heavy atom. The fourth-order valence-corrected chi connectivity index (χ4v) is 8.44. The second-order valence-corrected chi connectivity index (χ2v) is 19.9. The molecule has 0 aromatic heterocycles. The molecule has 0 aromatic rings. The van der Waals surface area contributed by atoms with Crippen LogP contribution in [0.2, 0.25) is 0 Å². The zero-order valence-electron chi connectivity index (χ0n) is 45.8. The zero-order valence-corrected chi connectivity index (χ0v) is 45.8. The molecule has 0 aliphatic heterocycles. The average Bonchev–Trinajstić information content (AvgIpc) is 3.35. The molecule has 0 aliphatic rings. The third-order valence-electron chi connectivity index (χ3n) is 13.0. The van der Waals surface area contributed by atoms with Crippen molar-refractivity contribution in [1.29, 1.82) is 0 Å². The number of hydrogen-bond donors (Lipinski definition) is 0. The first-order chi connectivity index (χ1) is 34.0. The van der Waals surface area contributed by atoms with E-state index >= 15 is 0 Å². The van der Waals surface area contributed by atoms with Crippen molar-refractivity contribution in [2.75, 3.05) is 13.2 Å². The molecule has 0 spiro atoms. The second kappa shape index (κ2) is 57.7. The van der Waals surface area contributed by atoms with E-state index in [0.29, 0.717) is 19.3 Å². The van der Waals surface area contributed by atoms with Gasteiger partial charge in [-0.15, -0.1) is 0 Å². The summed E-state index contributed by atoms with van der Waals surface area (Å²) >= 11 is 0. The molecular weight excluding hydrogens is 853 g/mol. The Bertz CT molecular complexity index is 1250. The molecule has 0 aromatic carbocycles. The maximum Gasteiger partial charge on any atom is 0.306 e. The maximum absolute atomic E-state index is 12.8. The Labute approximate surface area is 428 Å². The molecule has 1 atom stereocenters. The molecule has 0 saturated carbocycles. The van der Waals surface area contributed by atoms with E-state index in [2.05, 4.69) is 81.5 Å². The van der Waals surface area contributed by atoms with Gasteiger partial charge in [0.15, 0.2) is 6.10 Å². The smallest absolute Gasteiger partial charge is 0.306 e. The third kappa shape index (κ3) is 55.9. The summed E-state index contributed by atoms with van der Waals surface area (Å²) in [5.74, 6) is -0.897. The first-order valence-corrected chi connectivity index (χ1v) is 29.8. The van der Waals surface area contributed by atoms with Crippen molar-refractivity contribution in [3.63, 3.8) is 0 Å². The highest BCUT2D eigenvalue weighted by Crippen LogP contribution is 2.15. The van der Waals surface area contributed by atoms with Crippen LogP contribution in [0.1, 0.15) is 303 Å². The lowest BCUT2D eigenvalue weighted by molar-refractivity contribution is -0.167. The van der Waals surface area contributed by atoms with Crippen molar-refractivity contribution in [2.24, 2.45) is 0 Å². The van der Waals surface area contributed by atoms with Crippen molar-refractivity contribution in [1.82, 2.24) is 0 Å². The SMILES string of the molecule is CCCCC/C=C\C/C=C\CCCCCCCC(=O)OC(COC(=O)CCCCCCC/C=C\CCCCCC)COC(=O)CCCCCCCCCCCCC/C=C\C/C=C\CCCCCCC. The molecule has 0 N–H and O–H groups in total. The Morgan fingerprint density at radius 3 is 0.855 bits per heavy atom. The summed E-state index contributed by atoms with van der Waals surface area (Å²) in [6.45, 7) is 6.59. The molecule has 0 fully saturated rings. The lowest BCUT2D eigenvalue weighted by atomic mass is 10.0. The van der Waals surface area contributed by atoms with E-state index in [4.69, 9.17) is 14.2 Å². The molecule has 6 heteroatoms. The van der Waals surface area contributed by atoms with Crippen LogP contribution in [0.25, 0.3) is 0 Å². The summed E-state index contributed by atoms with van der Waals surface area (Å²) in [6.07, 6.45) is 72.1. The third-order valence-corrected chi connectivity index (χ3v) is 13.0. The summed E-state index contributed by atoms with van der Waals surface area (Å²) in [7, 11) is 0. The van der Waals surface area contributed by atoms with Gasteiger partial charge in [-0.05, 0) is 109 Å². The van der Waals surface area contributed by atoms with Crippen molar-refractivity contribution in [3.8, 4) is 0 Å². The monoisotopic (exact) mass is 965 g/mol. The van der Waals surface area contributed by atoms with E-state index in [9.17, 15) is 14.4 Å². The number of esters is 3. The maximum atomic E-state index is 12.8. The molecule has 0 heterocycles. The number of hydrogen-bond acceptors (Lipinski definition) is 6. The van der Waals surface area contributed by atoms with E-state index in [0.717, 1.165) is 96.3 Å². The van der Waals surface area contributed by atoms with Gasteiger partial charge in [-0.1, -0.05) is 236 Å². The molecule has 400 valence electrons. The number of carbonyl (C=O) groups excluding carboxylic acids is 3. The standard InChI is InChI=1S/C63H112O6/c1-4-7-10-13-16-19-22-25-27-28-29-30-31-32-33-34-36-38-41-44-47-50-53-56-62(65)68-59-60(58-67-61(64)55-52-49-46-43-40-37-24-21-18-15-12-9-6-3)69-63(66)57-54-51-48-45-42-39-35-26-23-20-17-14-11-8-5-2/h17,20-22,24-26,28-29,35,60H,4-16,18-19,23,27,30-34,36-59H2,1-3H3/b20-17-,24-21-,25-22-,29-28-,35-26-. The summed E-state index contributed by atoms with van der Waals surface area (Å²) in [5, 5.41) is 0. The quantitative estimate of drug-likeness (QED) is 0.0262. The van der Waals surface area contributed by atoms with Crippen molar-refractivity contribution in [3.05, 3.63) is 60.8 Å². The number of unbranched alkanes of at least 4 members (excludes halogenated alkanes) is 33. The van der Waals surface area contributed by atoms with Crippen LogP contribution in [-0.4, -0.2) is 37.2 Å². The highest BCUT2D eigenvalue weighted by atomic mass is 16.6. The molecule has 0 amide bonds. The molecule has 69 heavy (non-hydrogen) atoms. The largest absolute Gasteiger partial charge is 0.462 e. The lowest BCUT2D eigenvalue weighted by Gasteiger charge is -2.18. The van der Waals surface area contributed by atoms with Crippen LogP contribution < -0.4 is 0 Å². The van der Waals surface area contributed by atoms with Gasteiger partial charge in [-0.25, -0.2) is 0 Å². The first-order valence-electron chi connectivity index (χ1n) is 29.8.